The van der Waals surface area contributed by atoms with Gasteiger partial charge in [-0.25, -0.2) is 4.99 Å². The fourth-order valence-electron chi connectivity index (χ4n) is 2.95. The Labute approximate surface area is 144 Å². The Balaban J connectivity index is 1.52. The summed E-state index contributed by atoms with van der Waals surface area (Å²) in [5.41, 5.74) is 10.7. The summed E-state index contributed by atoms with van der Waals surface area (Å²) in [6.07, 6.45) is 2.67. The van der Waals surface area contributed by atoms with Gasteiger partial charge in [0.25, 0.3) is 0 Å². The first-order valence-electron chi connectivity index (χ1n) is 8.63. The zero-order valence-corrected chi connectivity index (χ0v) is 14.3. The molecular weight excluding hydrogens is 296 g/mol. The summed E-state index contributed by atoms with van der Waals surface area (Å²) in [5, 5.41) is 3.12. The summed E-state index contributed by atoms with van der Waals surface area (Å²) in [4.78, 5) is 6.93. The molecule has 4 nitrogen and oxygen atoms in total. The lowest BCUT2D eigenvalue weighted by molar-refractivity contribution is 0.331. The number of benzene rings is 2. The Morgan fingerprint density at radius 1 is 1.00 bits per heavy atom. The van der Waals surface area contributed by atoms with Crippen molar-refractivity contribution < 1.29 is 0 Å². The number of likely N-dealkylation sites (tertiary alicyclic amines) is 1. The molecule has 0 atom stereocenters. The highest BCUT2D eigenvalue weighted by Crippen LogP contribution is 2.14. The molecule has 3 N–H and O–H groups in total. The molecule has 4 heteroatoms. The third-order valence-corrected chi connectivity index (χ3v) is 4.38. The first-order chi connectivity index (χ1) is 11.7. The van der Waals surface area contributed by atoms with E-state index in [0.717, 1.165) is 12.2 Å². The van der Waals surface area contributed by atoms with Gasteiger partial charge in [-0.2, -0.15) is 0 Å². The number of aryl methyl sites for hydroxylation is 1. The molecule has 0 amide bonds. The van der Waals surface area contributed by atoms with Crippen LogP contribution in [0.5, 0.6) is 0 Å². The van der Waals surface area contributed by atoms with Crippen LogP contribution in [0.3, 0.4) is 0 Å². The van der Waals surface area contributed by atoms with Crippen LogP contribution in [-0.2, 0) is 13.1 Å². The van der Waals surface area contributed by atoms with Gasteiger partial charge in [-0.15, -0.1) is 0 Å². The first kappa shape index (κ1) is 16.5. The highest BCUT2D eigenvalue weighted by molar-refractivity contribution is 5.92. The van der Waals surface area contributed by atoms with Crippen LogP contribution in [0, 0.1) is 6.92 Å². The van der Waals surface area contributed by atoms with Gasteiger partial charge in [0.15, 0.2) is 5.96 Å². The number of nitrogens with two attached hydrogens (primary N) is 1. The molecule has 0 aliphatic carbocycles. The molecule has 1 saturated heterocycles. The summed E-state index contributed by atoms with van der Waals surface area (Å²) < 4.78 is 0. The van der Waals surface area contributed by atoms with Crippen LogP contribution in [0.25, 0.3) is 0 Å². The number of rotatable bonds is 5. The van der Waals surface area contributed by atoms with Crippen molar-refractivity contribution in [2.75, 3.05) is 18.4 Å². The quantitative estimate of drug-likeness (QED) is 0.654. The number of nitrogens with one attached hydrogen (secondary N) is 1. The van der Waals surface area contributed by atoms with E-state index >= 15 is 0 Å². The zero-order valence-electron chi connectivity index (χ0n) is 14.3. The summed E-state index contributed by atoms with van der Waals surface area (Å²) in [7, 11) is 0. The molecule has 3 rings (SSSR count). The lowest BCUT2D eigenvalue weighted by Crippen LogP contribution is -2.22. The number of hydrogen-bond acceptors (Lipinski definition) is 2. The van der Waals surface area contributed by atoms with E-state index in [9.17, 15) is 0 Å². The van der Waals surface area contributed by atoms with Gasteiger partial charge >= 0.3 is 0 Å². The molecule has 0 bridgehead atoms. The topological polar surface area (TPSA) is 53.6 Å². The van der Waals surface area contributed by atoms with E-state index in [4.69, 9.17) is 5.73 Å². The Morgan fingerprint density at radius 3 is 2.29 bits per heavy atom. The molecule has 0 aromatic heterocycles. The lowest BCUT2D eigenvalue weighted by Gasteiger charge is -2.14. The molecule has 0 radical (unpaired) electrons. The van der Waals surface area contributed by atoms with Crippen molar-refractivity contribution >= 4 is 11.6 Å². The predicted octanol–water partition coefficient (Wildman–Crippen LogP) is 3.52. The molecule has 2 aromatic carbocycles. The minimum Gasteiger partial charge on any atom is -0.370 e. The molecule has 2 aromatic rings. The molecular formula is C20H26N4. The van der Waals surface area contributed by atoms with Crippen LogP contribution in [0.2, 0.25) is 0 Å². The fourth-order valence-corrected chi connectivity index (χ4v) is 2.95. The van der Waals surface area contributed by atoms with Crippen molar-refractivity contribution in [2.45, 2.75) is 32.9 Å². The Kier molecular flexibility index (Phi) is 5.49. The standard InChI is InChI=1S/C20H26N4/c1-16-4-10-19(11-5-16)23-20(21)22-14-17-6-8-18(9-7-17)15-24-12-2-3-13-24/h4-11H,2-3,12-15H2,1H3,(H3,21,22,23). The van der Waals surface area contributed by atoms with Gasteiger partial charge < -0.3 is 11.1 Å². The van der Waals surface area contributed by atoms with Gasteiger partial charge in [-0.1, -0.05) is 42.0 Å². The smallest absolute Gasteiger partial charge is 0.193 e. The molecule has 0 saturated carbocycles. The second kappa shape index (κ2) is 7.97. The molecule has 1 aliphatic rings. The second-order valence-electron chi connectivity index (χ2n) is 6.49. The first-order valence-corrected chi connectivity index (χ1v) is 8.63. The van der Waals surface area contributed by atoms with Gasteiger partial charge in [-0.05, 0) is 56.1 Å². The Bertz CT molecular complexity index is 668. The molecule has 126 valence electrons. The fraction of sp³-hybridized carbons (Fsp3) is 0.350. The summed E-state index contributed by atoms with van der Waals surface area (Å²) >= 11 is 0. The predicted molar refractivity (Wildman–Crippen MR) is 101 cm³/mol. The highest BCUT2D eigenvalue weighted by Gasteiger charge is 2.11. The molecule has 1 fully saturated rings. The van der Waals surface area contributed by atoms with Gasteiger partial charge in [-0.3, -0.25) is 4.90 Å². The van der Waals surface area contributed by atoms with Crippen LogP contribution in [0.4, 0.5) is 5.69 Å². The van der Waals surface area contributed by atoms with Crippen LogP contribution in [-0.4, -0.2) is 23.9 Å². The Hall–Kier alpha value is -2.33. The van der Waals surface area contributed by atoms with Crippen LogP contribution >= 0.6 is 0 Å². The average molecular weight is 322 g/mol. The van der Waals surface area contributed by atoms with E-state index in [0.29, 0.717) is 12.5 Å². The number of anilines is 1. The second-order valence-corrected chi connectivity index (χ2v) is 6.49. The van der Waals surface area contributed by atoms with Crippen molar-refractivity contribution in [2.24, 2.45) is 10.7 Å². The third kappa shape index (κ3) is 4.83. The number of hydrogen-bond donors (Lipinski definition) is 2. The highest BCUT2D eigenvalue weighted by atomic mass is 15.1. The molecule has 0 unspecified atom stereocenters. The largest absolute Gasteiger partial charge is 0.370 e. The summed E-state index contributed by atoms with van der Waals surface area (Å²) in [5.74, 6) is 0.444. The van der Waals surface area contributed by atoms with Crippen LogP contribution < -0.4 is 11.1 Å². The molecule has 0 spiro atoms. The van der Waals surface area contributed by atoms with E-state index in [1.54, 1.807) is 0 Å². The van der Waals surface area contributed by atoms with E-state index < -0.39 is 0 Å². The van der Waals surface area contributed by atoms with Crippen molar-refractivity contribution in [3.05, 3.63) is 65.2 Å². The molecule has 24 heavy (non-hydrogen) atoms. The van der Waals surface area contributed by atoms with E-state index in [1.807, 2.05) is 12.1 Å². The van der Waals surface area contributed by atoms with Crippen LogP contribution in [0.15, 0.2) is 53.5 Å². The molecule has 1 heterocycles. The van der Waals surface area contributed by atoms with Gasteiger partial charge in [0.05, 0.1) is 6.54 Å². The maximum atomic E-state index is 5.96. The maximum absolute atomic E-state index is 5.96. The van der Waals surface area contributed by atoms with Crippen molar-refractivity contribution in [3.8, 4) is 0 Å². The van der Waals surface area contributed by atoms with Gasteiger partial charge in [0.1, 0.15) is 0 Å². The van der Waals surface area contributed by atoms with Crippen LogP contribution in [0.1, 0.15) is 29.5 Å². The van der Waals surface area contributed by atoms with Gasteiger partial charge in [0, 0.05) is 12.2 Å². The SMILES string of the molecule is Cc1ccc(NC(N)=NCc2ccc(CN3CCCC3)cc2)cc1. The zero-order chi connectivity index (χ0) is 16.8. The minimum absolute atomic E-state index is 0.444. The third-order valence-electron chi connectivity index (χ3n) is 4.38. The number of aliphatic imine (C=N–C) groups is 1. The number of nitrogens with zero attached hydrogens (tertiary/aromatic N) is 2. The Morgan fingerprint density at radius 2 is 1.62 bits per heavy atom. The monoisotopic (exact) mass is 322 g/mol. The molecule has 1 aliphatic heterocycles. The minimum atomic E-state index is 0.444. The maximum Gasteiger partial charge on any atom is 0.193 e. The van der Waals surface area contributed by atoms with E-state index in [-0.39, 0.29) is 0 Å². The van der Waals surface area contributed by atoms with E-state index in [1.165, 1.54) is 42.6 Å². The van der Waals surface area contributed by atoms with Crippen molar-refractivity contribution in [3.63, 3.8) is 0 Å². The van der Waals surface area contributed by atoms with Crippen molar-refractivity contribution in [1.29, 1.82) is 0 Å². The average Bonchev–Trinajstić information content (AvgIpc) is 3.09. The summed E-state index contributed by atoms with van der Waals surface area (Å²) in [6, 6.07) is 16.8. The lowest BCUT2D eigenvalue weighted by atomic mass is 10.1. The summed E-state index contributed by atoms with van der Waals surface area (Å²) in [6.45, 7) is 6.17. The number of guanidine groups is 1. The van der Waals surface area contributed by atoms with E-state index in [2.05, 4.69) is 58.5 Å². The van der Waals surface area contributed by atoms with Crippen molar-refractivity contribution in [1.82, 2.24) is 4.90 Å². The van der Waals surface area contributed by atoms with Gasteiger partial charge in [0.2, 0.25) is 0 Å². The normalized spacial score (nSPS) is 15.6.